The quantitative estimate of drug-likeness (QED) is 0.649. The second kappa shape index (κ2) is 4.07. The first kappa shape index (κ1) is 10.9. The fraction of sp³-hybridized carbons (Fsp3) is 1.00. The summed E-state index contributed by atoms with van der Waals surface area (Å²) in [6.07, 6.45) is 0. The van der Waals surface area contributed by atoms with E-state index in [0.717, 1.165) is 0 Å². The molecule has 0 aliphatic heterocycles. The van der Waals surface area contributed by atoms with E-state index in [9.17, 15) is 5.11 Å². The molecule has 0 radical (unpaired) electrons. The zero-order valence-corrected chi connectivity index (χ0v) is 8.31. The topological polar surface area (TPSA) is 32.3 Å². The van der Waals surface area contributed by atoms with Crippen molar-refractivity contribution in [3.8, 4) is 0 Å². The van der Waals surface area contributed by atoms with Gasteiger partial charge < -0.3 is 10.4 Å². The number of aliphatic hydroxyl groups is 1. The third-order valence-electron chi connectivity index (χ3n) is 1.86. The molecule has 2 N–H and O–H groups in total. The third-order valence-corrected chi connectivity index (χ3v) is 1.86. The van der Waals surface area contributed by atoms with Gasteiger partial charge in [-0.1, -0.05) is 13.8 Å². The van der Waals surface area contributed by atoms with Crippen LogP contribution in [0.15, 0.2) is 0 Å². The molecule has 0 spiro atoms. The zero-order valence-electron chi connectivity index (χ0n) is 8.31. The first-order valence-electron chi connectivity index (χ1n) is 4.28. The van der Waals surface area contributed by atoms with Gasteiger partial charge in [0.25, 0.3) is 0 Å². The van der Waals surface area contributed by atoms with E-state index in [1.54, 1.807) is 0 Å². The first-order valence-corrected chi connectivity index (χ1v) is 4.28. The maximum Gasteiger partial charge on any atom is 0.0715 e. The molecule has 0 aromatic carbocycles. The van der Waals surface area contributed by atoms with Crippen LogP contribution in [-0.2, 0) is 0 Å². The first-order chi connectivity index (χ1) is 4.83. The van der Waals surface area contributed by atoms with Gasteiger partial charge in [-0.05, 0) is 26.7 Å². The van der Waals surface area contributed by atoms with Crippen LogP contribution in [0.2, 0.25) is 0 Å². The molecule has 0 rings (SSSR count). The van der Waals surface area contributed by atoms with Crippen LogP contribution >= 0.6 is 0 Å². The Bertz CT molecular complexity index is 105. The Kier molecular flexibility index (Phi) is 4.04. The van der Waals surface area contributed by atoms with Crippen LogP contribution in [0, 0.1) is 5.92 Å². The molecule has 2 nitrogen and oxygen atoms in total. The molecule has 0 unspecified atom stereocenters. The average molecular weight is 159 g/mol. The van der Waals surface area contributed by atoms with Crippen LogP contribution in [0.5, 0.6) is 0 Å². The Balaban J connectivity index is 3.54. The molecule has 0 fully saturated rings. The van der Waals surface area contributed by atoms with E-state index in [-0.39, 0.29) is 0 Å². The van der Waals surface area contributed by atoms with Gasteiger partial charge in [0, 0.05) is 12.6 Å². The van der Waals surface area contributed by atoms with Crippen molar-refractivity contribution in [1.29, 1.82) is 0 Å². The molecular weight excluding hydrogens is 138 g/mol. The van der Waals surface area contributed by atoms with Gasteiger partial charge in [0.15, 0.2) is 0 Å². The monoisotopic (exact) mass is 159 g/mol. The van der Waals surface area contributed by atoms with Crippen LogP contribution in [0.1, 0.15) is 34.6 Å². The molecule has 0 heterocycles. The molecule has 1 atom stereocenters. The Labute approximate surface area is 70.0 Å². The number of hydrogen-bond donors (Lipinski definition) is 2. The Hall–Kier alpha value is -0.0800. The van der Waals surface area contributed by atoms with E-state index in [2.05, 4.69) is 26.1 Å². The summed E-state index contributed by atoms with van der Waals surface area (Å²) in [5, 5.41) is 12.7. The average Bonchev–Trinajstić information content (AvgIpc) is 1.80. The molecular formula is C9H21NO. The SMILES string of the molecule is CC(C)[C@H](C)NCC(C)(C)O. The maximum absolute atomic E-state index is 9.39. The molecule has 0 saturated carbocycles. The molecule has 68 valence electrons. The summed E-state index contributed by atoms with van der Waals surface area (Å²) in [4.78, 5) is 0. The molecule has 0 aliphatic rings. The van der Waals surface area contributed by atoms with E-state index in [0.29, 0.717) is 18.5 Å². The van der Waals surface area contributed by atoms with Crippen molar-refractivity contribution in [3.63, 3.8) is 0 Å². The standard InChI is InChI=1S/C9H21NO/c1-7(2)8(3)10-6-9(4,5)11/h7-8,10-11H,6H2,1-5H3/t8-/m0/s1. The van der Waals surface area contributed by atoms with Gasteiger partial charge in [0.2, 0.25) is 0 Å². The van der Waals surface area contributed by atoms with Gasteiger partial charge in [-0.25, -0.2) is 0 Å². The normalized spacial score (nSPS) is 15.5. The van der Waals surface area contributed by atoms with Crippen molar-refractivity contribution in [3.05, 3.63) is 0 Å². The lowest BCUT2D eigenvalue weighted by atomic mass is 10.0. The summed E-state index contributed by atoms with van der Waals surface area (Å²) in [6, 6.07) is 0.474. The van der Waals surface area contributed by atoms with Crippen molar-refractivity contribution in [1.82, 2.24) is 5.32 Å². The Morgan fingerprint density at radius 1 is 1.27 bits per heavy atom. The summed E-state index contributed by atoms with van der Waals surface area (Å²) in [6.45, 7) is 10.8. The zero-order chi connectivity index (χ0) is 9.07. The maximum atomic E-state index is 9.39. The van der Waals surface area contributed by atoms with Gasteiger partial charge in [0.05, 0.1) is 5.60 Å². The molecule has 0 saturated heterocycles. The second-order valence-corrected chi connectivity index (χ2v) is 4.23. The van der Waals surface area contributed by atoms with E-state index in [1.165, 1.54) is 0 Å². The fourth-order valence-corrected chi connectivity index (χ4v) is 0.646. The minimum atomic E-state index is -0.594. The van der Waals surface area contributed by atoms with Gasteiger partial charge in [-0.2, -0.15) is 0 Å². The smallest absolute Gasteiger partial charge is 0.0715 e. The van der Waals surface area contributed by atoms with Gasteiger partial charge >= 0.3 is 0 Å². The lowest BCUT2D eigenvalue weighted by molar-refractivity contribution is 0.0752. The van der Waals surface area contributed by atoms with E-state index in [4.69, 9.17) is 0 Å². The molecule has 0 aromatic heterocycles. The highest BCUT2D eigenvalue weighted by molar-refractivity contribution is 4.72. The van der Waals surface area contributed by atoms with Gasteiger partial charge in [-0.15, -0.1) is 0 Å². The van der Waals surface area contributed by atoms with Gasteiger partial charge in [0.1, 0.15) is 0 Å². The molecule has 11 heavy (non-hydrogen) atoms. The summed E-state index contributed by atoms with van der Waals surface area (Å²) in [7, 11) is 0. The van der Waals surface area contributed by atoms with Crippen molar-refractivity contribution >= 4 is 0 Å². The largest absolute Gasteiger partial charge is 0.389 e. The van der Waals surface area contributed by atoms with Crippen molar-refractivity contribution in [2.24, 2.45) is 5.92 Å². The highest BCUT2D eigenvalue weighted by atomic mass is 16.3. The Morgan fingerprint density at radius 2 is 1.73 bits per heavy atom. The highest BCUT2D eigenvalue weighted by Crippen LogP contribution is 2.03. The Morgan fingerprint density at radius 3 is 2.00 bits per heavy atom. The van der Waals surface area contributed by atoms with E-state index < -0.39 is 5.60 Å². The second-order valence-electron chi connectivity index (χ2n) is 4.23. The minimum Gasteiger partial charge on any atom is -0.389 e. The highest BCUT2D eigenvalue weighted by Gasteiger charge is 2.14. The molecule has 0 bridgehead atoms. The summed E-state index contributed by atoms with van der Waals surface area (Å²) < 4.78 is 0. The number of nitrogens with one attached hydrogen (secondary N) is 1. The van der Waals surface area contributed by atoms with Gasteiger partial charge in [-0.3, -0.25) is 0 Å². The molecule has 0 aliphatic carbocycles. The van der Waals surface area contributed by atoms with Crippen LogP contribution in [0.3, 0.4) is 0 Å². The van der Waals surface area contributed by atoms with E-state index in [1.807, 2.05) is 13.8 Å². The van der Waals surface area contributed by atoms with Crippen LogP contribution < -0.4 is 5.32 Å². The van der Waals surface area contributed by atoms with Crippen molar-refractivity contribution in [2.45, 2.75) is 46.3 Å². The van der Waals surface area contributed by atoms with Crippen LogP contribution in [0.25, 0.3) is 0 Å². The lowest BCUT2D eigenvalue weighted by Crippen LogP contribution is -2.41. The summed E-state index contributed by atoms with van der Waals surface area (Å²) in [5.41, 5.74) is -0.594. The third kappa shape index (κ3) is 6.32. The van der Waals surface area contributed by atoms with Crippen molar-refractivity contribution < 1.29 is 5.11 Å². The lowest BCUT2D eigenvalue weighted by Gasteiger charge is -2.23. The number of rotatable bonds is 4. The van der Waals surface area contributed by atoms with Crippen LogP contribution in [0.4, 0.5) is 0 Å². The van der Waals surface area contributed by atoms with Crippen molar-refractivity contribution in [2.75, 3.05) is 6.54 Å². The molecule has 2 heteroatoms. The van der Waals surface area contributed by atoms with E-state index >= 15 is 0 Å². The summed E-state index contributed by atoms with van der Waals surface area (Å²) >= 11 is 0. The predicted molar refractivity (Wildman–Crippen MR) is 48.6 cm³/mol. The summed E-state index contributed by atoms with van der Waals surface area (Å²) in [5.74, 6) is 0.623. The molecule has 0 amide bonds. The fourth-order valence-electron chi connectivity index (χ4n) is 0.646. The molecule has 0 aromatic rings. The van der Waals surface area contributed by atoms with Crippen LogP contribution in [-0.4, -0.2) is 23.3 Å². The minimum absolute atomic E-state index is 0.474. The number of hydrogen-bond acceptors (Lipinski definition) is 2. The predicted octanol–water partition coefficient (Wildman–Crippen LogP) is 1.39.